The lowest BCUT2D eigenvalue weighted by Crippen LogP contribution is -2.24. The van der Waals surface area contributed by atoms with E-state index in [1.165, 1.54) is 11.3 Å². The van der Waals surface area contributed by atoms with Crippen molar-refractivity contribution in [3.8, 4) is 11.3 Å². The van der Waals surface area contributed by atoms with E-state index in [1.807, 2.05) is 12.1 Å². The van der Waals surface area contributed by atoms with Gasteiger partial charge in [-0.1, -0.05) is 23.7 Å². The number of amides is 1. The van der Waals surface area contributed by atoms with E-state index in [1.54, 1.807) is 17.5 Å². The minimum atomic E-state index is -1.25. The quantitative estimate of drug-likeness (QED) is 0.915. The molecule has 1 aromatic carbocycles. The van der Waals surface area contributed by atoms with Crippen LogP contribution in [0.1, 0.15) is 12.8 Å². The van der Waals surface area contributed by atoms with Crippen molar-refractivity contribution in [2.24, 2.45) is 0 Å². The van der Waals surface area contributed by atoms with E-state index in [2.05, 4.69) is 10.3 Å². The molecule has 104 valence electrons. The van der Waals surface area contributed by atoms with Gasteiger partial charge in [0.2, 0.25) is 5.91 Å². The molecular weight excluding hydrogens is 300 g/mol. The van der Waals surface area contributed by atoms with Crippen LogP contribution in [0.25, 0.3) is 11.3 Å². The lowest BCUT2D eigenvalue weighted by Gasteiger charge is -2.02. The van der Waals surface area contributed by atoms with Gasteiger partial charge in [0.1, 0.15) is 0 Å². The first-order valence-corrected chi connectivity index (χ1v) is 7.01. The Morgan fingerprint density at radius 3 is 2.60 bits per heavy atom. The van der Waals surface area contributed by atoms with Gasteiger partial charge >= 0.3 is 0 Å². The van der Waals surface area contributed by atoms with Gasteiger partial charge in [-0.15, -0.1) is 11.3 Å². The predicted octanol–water partition coefficient (Wildman–Crippen LogP) is 1.93. The summed E-state index contributed by atoms with van der Waals surface area (Å²) < 4.78 is 0. The summed E-state index contributed by atoms with van der Waals surface area (Å²) in [5, 5.41) is 15.7. The van der Waals surface area contributed by atoms with Crippen molar-refractivity contribution in [1.82, 2.24) is 4.98 Å². The van der Waals surface area contributed by atoms with E-state index >= 15 is 0 Å². The second kappa shape index (κ2) is 6.49. The van der Waals surface area contributed by atoms with Crippen LogP contribution in [0.5, 0.6) is 0 Å². The molecule has 7 heteroatoms. The molecule has 0 radical (unpaired) electrons. The Bertz CT molecular complexity index is 625. The predicted molar refractivity (Wildman–Crippen MR) is 75.4 cm³/mol. The van der Waals surface area contributed by atoms with Crippen LogP contribution in [-0.2, 0) is 9.59 Å². The number of benzene rings is 1. The summed E-state index contributed by atoms with van der Waals surface area (Å²) >= 11 is 7.08. The van der Waals surface area contributed by atoms with Crippen molar-refractivity contribution in [2.75, 3.05) is 5.32 Å². The van der Waals surface area contributed by atoms with E-state index in [-0.39, 0.29) is 12.8 Å². The van der Waals surface area contributed by atoms with Crippen LogP contribution in [0.2, 0.25) is 5.02 Å². The van der Waals surface area contributed by atoms with E-state index in [0.717, 1.165) is 11.3 Å². The molecule has 0 saturated carbocycles. The molecule has 2 rings (SSSR count). The van der Waals surface area contributed by atoms with Crippen LogP contribution in [-0.4, -0.2) is 16.9 Å². The second-order valence-electron chi connectivity index (χ2n) is 3.96. The molecule has 20 heavy (non-hydrogen) atoms. The molecule has 1 amide bonds. The Morgan fingerprint density at radius 1 is 1.25 bits per heavy atom. The van der Waals surface area contributed by atoms with Crippen molar-refractivity contribution in [1.29, 1.82) is 0 Å². The molecule has 0 bridgehead atoms. The molecule has 0 saturated heterocycles. The summed E-state index contributed by atoms with van der Waals surface area (Å²) in [5.74, 6) is -1.65. The molecule has 1 N–H and O–H groups in total. The molecule has 0 spiro atoms. The Morgan fingerprint density at radius 2 is 1.95 bits per heavy atom. The highest BCUT2D eigenvalue weighted by Crippen LogP contribution is 2.26. The minimum Gasteiger partial charge on any atom is -0.550 e. The van der Waals surface area contributed by atoms with Crippen LogP contribution in [0.15, 0.2) is 29.6 Å². The van der Waals surface area contributed by atoms with E-state index in [0.29, 0.717) is 10.2 Å². The second-order valence-corrected chi connectivity index (χ2v) is 5.26. The van der Waals surface area contributed by atoms with Crippen molar-refractivity contribution >= 4 is 39.9 Å². The number of nitrogens with one attached hydrogen (secondary N) is 1. The van der Waals surface area contributed by atoms with Crippen molar-refractivity contribution in [2.45, 2.75) is 12.8 Å². The summed E-state index contributed by atoms with van der Waals surface area (Å²) in [7, 11) is 0. The summed E-state index contributed by atoms with van der Waals surface area (Å²) in [5.41, 5.74) is 1.61. The maximum atomic E-state index is 11.5. The third-order valence-electron chi connectivity index (χ3n) is 2.45. The Balaban J connectivity index is 2.00. The number of hydrogen-bond donors (Lipinski definition) is 1. The summed E-state index contributed by atoms with van der Waals surface area (Å²) in [6.45, 7) is 0. The number of carboxylic acid groups (broad SMARTS) is 1. The van der Waals surface area contributed by atoms with Crippen LogP contribution >= 0.6 is 22.9 Å². The number of nitrogens with zero attached hydrogens (tertiary/aromatic N) is 1. The van der Waals surface area contributed by atoms with Crippen molar-refractivity contribution in [3.05, 3.63) is 34.7 Å². The number of carbonyl (C=O) groups excluding carboxylic acids is 2. The van der Waals surface area contributed by atoms with E-state index < -0.39 is 11.9 Å². The molecule has 0 fully saturated rings. The van der Waals surface area contributed by atoms with Gasteiger partial charge < -0.3 is 15.2 Å². The Labute approximate surface area is 124 Å². The lowest BCUT2D eigenvalue weighted by atomic mass is 10.2. The van der Waals surface area contributed by atoms with Crippen LogP contribution in [0.4, 0.5) is 5.13 Å². The lowest BCUT2D eigenvalue weighted by molar-refractivity contribution is -0.305. The van der Waals surface area contributed by atoms with Crippen LogP contribution in [0, 0.1) is 0 Å². The SMILES string of the molecule is O=C([O-])CCC(=O)Nc1nc(-c2ccc(Cl)cc2)cs1. The topological polar surface area (TPSA) is 82.1 Å². The molecule has 0 atom stereocenters. The number of rotatable bonds is 5. The summed E-state index contributed by atoms with van der Waals surface area (Å²) in [4.78, 5) is 26.0. The molecule has 2 aromatic rings. The average molecular weight is 310 g/mol. The van der Waals surface area contributed by atoms with Crippen molar-refractivity contribution < 1.29 is 14.7 Å². The summed E-state index contributed by atoms with van der Waals surface area (Å²) in [6.07, 6.45) is -0.431. The zero-order valence-electron chi connectivity index (χ0n) is 10.3. The highest BCUT2D eigenvalue weighted by molar-refractivity contribution is 7.14. The van der Waals surface area contributed by atoms with Gasteiger partial charge in [-0.3, -0.25) is 4.79 Å². The largest absolute Gasteiger partial charge is 0.550 e. The van der Waals surface area contributed by atoms with Gasteiger partial charge in [-0.05, 0) is 18.6 Å². The van der Waals surface area contributed by atoms with Gasteiger partial charge in [-0.2, -0.15) is 0 Å². The standard InChI is InChI=1S/C13H11ClN2O3S/c14-9-3-1-8(2-4-9)10-7-20-13(15-10)16-11(17)5-6-12(18)19/h1-4,7H,5-6H2,(H,18,19)(H,15,16,17)/p-1. The van der Waals surface area contributed by atoms with Gasteiger partial charge in [0, 0.05) is 28.4 Å². The Hall–Kier alpha value is -1.92. The number of aromatic nitrogens is 1. The van der Waals surface area contributed by atoms with Gasteiger partial charge in [0.25, 0.3) is 0 Å². The molecule has 0 unspecified atom stereocenters. The highest BCUT2D eigenvalue weighted by atomic mass is 35.5. The van der Waals surface area contributed by atoms with Crippen molar-refractivity contribution in [3.63, 3.8) is 0 Å². The molecular formula is C13H10ClN2O3S-. The monoisotopic (exact) mass is 309 g/mol. The maximum Gasteiger partial charge on any atom is 0.226 e. The van der Waals surface area contributed by atoms with E-state index in [4.69, 9.17) is 11.6 Å². The third-order valence-corrected chi connectivity index (χ3v) is 3.46. The fraction of sp³-hybridized carbons (Fsp3) is 0.154. The fourth-order valence-corrected chi connectivity index (χ4v) is 2.34. The van der Waals surface area contributed by atoms with Gasteiger partial charge in [-0.25, -0.2) is 4.98 Å². The molecule has 0 aliphatic rings. The maximum absolute atomic E-state index is 11.5. The first kappa shape index (κ1) is 14.5. The number of carboxylic acids is 1. The van der Waals surface area contributed by atoms with E-state index in [9.17, 15) is 14.7 Å². The number of carbonyl (C=O) groups is 2. The molecule has 0 aliphatic heterocycles. The highest BCUT2D eigenvalue weighted by Gasteiger charge is 2.08. The molecule has 1 aromatic heterocycles. The zero-order valence-corrected chi connectivity index (χ0v) is 11.8. The average Bonchev–Trinajstić information content (AvgIpc) is 2.85. The first-order valence-electron chi connectivity index (χ1n) is 5.76. The van der Waals surface area contributed by atoms with Crippen LogP contribution in [0.3, 0.4) is 0 Å². The van der Waals surface area contributed by atoms with Gasteiger partial charge in [0.15, 0.2) is 5.13 Å². The summed E-state index contributed by atoms with van der Waals surface area (Å²) in [6, 6.07) is 7.18. The minimum absolute atomic E-state index is 0.127. The third kappa shape index (κ3) is 4.04. The smallest absolute Gasteiger partial charge is 0.226 e. The molecule has 5 nitrogen and oxygen atoms in total. The number of anilines is 1. The fourth-order valence-electron chi connectivity index (χ4n) is 1.48. The molecule has 1 heterocycles. The molecule has 0 aliphatic carbocycles. The van der Waals surface area contributed by atoms with Crippen LogP contribution < -0.4 is 10.4 Å². The zero-order chi connectivity index (χ0) is 14.5. The number of aliphatic carboxylic acids is 1. The van der Waals surface area contributed by atoms with Gasteiger partial charge in [0.05, 0.1) is 5.69 Å². The first-order chi connectivity index (χ1) is 9.54. The Kier molecular flexibility index (Phi) is 4.70. The number of hydrogen-bond acceptors (Lipinski definition) is 5. The normalized spacial score (nSPS) is 10.2. The number of thiazole rings is 1. The number of halogens is 1.